The zero-order chi connectivity index (χ0) is 28.4. The molecule has 1 aliphatic rings. The molecule has 0 bridgehead atoms. The smallest absolute Gasteiger partial charge is 0.261 e. The van der Waals surface area contributed by atoms with Crippen LogP contribution in [-0.4, -0.2) is 40.1 Å². The van der Waals surface area contributed by atoms with Crippen LogP contribution in [-0.2, 0) is 30.6 Å². The Labute approximate surface area is 239 Å². The summed E-state index contributed by atoms with van der Waals surface area (Å²) in [6.45, 7) is 4.14. The molecule has 1 atom stereocenters. The van der Waals surface area contributed by atoms with Crippen LogP contribution in [0.1, 0.15) is 29.5 Å². The van der Waals surface area contributed by atoms with Crippen LogP contribution in [0.4, 0.5) is 11.4 Å². The number of nitrogens with one attached hydrogen (secondary N) is 2. The second-order valence-corrected chi connectivity index (χ2v) is 14.1. The van der Waals surface area contributed by atoms with Crippen LogP contribution in [0.25, 0.3) is 0 Å². The third-order valence-electron chi connectivity index (χ3n) is 6.54. The van der Waals surface area contributed by atoms with Gasteiger partial charge in [0.15, 0.2) is 0 Å². The van der Waals surface area contributed by atoms with Gasteiger partial charge in [-0.25, -0.2) is 21.1 Å². The lowest BCUT2D eigenvalue weighted by molar-refractivity contribution is -0.120. The first kappa shape index (κ1) is 29.4. The van der Waals surface area contributed by atoms with Crippen LogP contribution in [0.15, 0.2) is 65.6 Å². The molecule has 1 fully saturated rings. The Hall–Kier alpha value is -2.63. The molecule has 1 heterocycles. The van der Waals surface area contributed by atoms with Crippen molar-refractivity contribution >= 4 is 60.5 Å². The fourth-order valence-corrected chi connectivity index (χ4v) is 7.48. The van der Waals surface area contributed by atoms with Gasteiger partial charge < -0.3 is 5.32 Å². The first-order chi connectivity index (χ1) is 18.3. The number of halogens is 2. The number of anilines is 2. The van der Waals surface area contributed by atoms with Gasteiger partial charge in [-0.3, -0.25) is 9.52 Å². The molecule has 1 saturated heterocycles. The van der Waals surface area contributed by atoms with Gasteiger partial charge in [0.25, 0.3) is 10.0 Å². The number of rotatable bonds is 8. The maximum atomic E-state index is 13.0. The number of hydrogen-bond acceptors (Lipinski definition) is 5. The van der Waals surface area contributed by atoms with Crippen molar-refractivity contribution < 1.29 is 21.6 Å². The highest BCUT2D eigenvalue weighted by Gasteiger charge is 2.32. The lowest BCUT2D eigenvalue weighted by Gasteiger charge is -2.31. The lowest BCUT2D eigenvalue weighted by atomic mass is 9.99. The van der Waals surface area contributed by atoms with Gasteiger partial charge in [-0.15, -0.1) is 0 Å². The fraction of sp³-hybridized carbons (Fsp3) is 0.296. The second kappa shape index (κ2) is 11.9. The van der Waals surface area contributed by atoms with E-state index in [1.165, 1.54) is 34.6 Å². The van der Waals surface area contributed by atoms with Crippen molar-refractivity contribution in [1.82, 2.24) is 4.31 Å². The zero-order valence-corrected chi connectivity index (χ0v) is 24.6. The van der Waals surface area contributed by atoms with E-state index in [0.717, 1.165) is 11.1 Å². The summed E-state index contributed by atoms with van der Waals surface area (Å²) in [5, 5.41) is 3.40. The predicted octanol–water partition coefficient (Wildman–Crippen LogP) is 5.59. The summed E-state index contributed by atoms with van der Waals surface area (Å²) in [7, 11) is -7.50. The molecule has 3 aromatic carbocycles. The molecule has 1 aliphatic heterocycles. The highest BCUT2D eigenvalue weighted by molar-refractivity contribution is 7.92. The standard InChI is InChI=1S/C27H29Cl2N3O5S2/c1-18-5-12-26(19(2)14-18)31-39(36,37)23-9-7-22(8-10-23)30-27(33)21-4-3-13-32(16-21)38(34,35)17-20-6-11-24(28)25(29)15-20/h5-12,14-15,21,31H,3-4,13,16-17H2,1-2H3,(H,30,33)/t21-/m0/s1. The number of hydrogen-bond donors (Lipinski definition) is 2. The molecular formula is C27H29Cl2N3O5S2. The predicted molar refractivity (Wildman–Crippen MR) is 155 cm³/mol. The molecule has 0 radical (unpaired) electrons. The second-order valence-electron chi connectivity index (χ2n) is 9.64. The van der Waals surface area contributed by atoms with E-state index in [2.05, 4.69) is 10.0 Å². The van der Waals surface area contributed by atoms with Gasteiger partial charge in [0, 0.05) is 18.8 Å². The Balaban J connectivity index is 1.39. The van der Waals surface area contributed by atoms with Crippen molar-refractivity contribution in [1.29, 1.82) is 0 Å². The maximum absolute atomic E-state index is 13.0. The number of carbonyl (C=O) groups excluding carboxylic acids is 1. The fourth-order valence-electron chi connectivity index (χ4n) is 4.43. The number of piperidine rings is 1. The average Bonchev–Trinajstić information content (AvgIpc) is 2.88. The molecule has 12 heteroatoms. The minimum atomic E-state index is -3.82. The van der Waals surface area contributed by atoms with E-state index in [0.29, 0.717) is 41.3 Å². The molecule has 8 nitrogen and oxygen atoms in total. The van der Waals surface area contributed by atoms with E-state index in [9.17, 15) is 21.6 Å². The van der Waals surface area contributed by atoms with E-state index in [1.807, 2.05) is 26.0 Å². The monoisotopic (exact) mass is 609 g/mol. The number of aryl methyl sites for hydroxylation is 2. The van der Waals surface area contributed by atoms with Crippen molar-refractivity contribution in [3.63, 3.8) is 0 Å². The number of amides is 1. The molecule has 0 spiro atoms. The molecule has 0 aromatic heterocycles. The van der Waals surface area contributed by atoms with Crippen molar-refractivity contribution in [3.05, 3.63) is 87.4 Å². The molecule has 0 aliphatic carbocycles. The Morgan fingerprint density at radius 1 is 0.949 bits per heavy atom. The van der Waals surface area contributed by atoms with E-state index in [1.54, 1.807) is 18.2 Å². The molecule has 39 heavy (non-hydrogen) atoms. The molecule has 1 amide bonds. The summed E-state index contributed by atoms with van der Waals surface area (Å²) in [5.41, 5.74) is 3.26. The van der Waals surface area contributed by atoms with Crippen LogP contribution in [0.3, 0.4) is 0 Å². The quantitative estimate of drug-likeness (QED) is 0.345. The van der Waals surface area contributed by atoms with Crippen molar-refractivity contribution in [2.45, 2.75) is 37.3 Å². The Morgan fingerprint density at radius 2 is 1.67 bits per heavy atom. The molecule has 2 N–H and O–H groups in total. The van der Waals surface area contributed by atoms with Crippen LogP contribution in [0, 0.1) is 19.8 Å². The number of nitrogens with zero attached hydrogens (tertiary/aromatic N) is 1. The van der Waals surface area contributed by atoms with E-state index >= 15 is 0 Å². The van der Waals surface area contributed by atoms with Gasteiger partial charge in [0.05, 0.1) is 32.3 Å². The normalized spacial score (nSPS) is 16.6. The summed E-state index contributed by atoms with van der Waals surface area (Å²) in [6.07, 6.45) is 1.08. The Kier molecular flexibility index (Phi) is 8.92. The van der Waals surface area contributed by atoms with E-state index in [4.69, 9.17) is 23.2 Å². The average molecular weight is 611 g/mol. The summed E-state index contributed by atoms with van der Waals surface area (Å²) in [4.78, 5) is 13.0. The summed E-state index contributed by atoms with van der Waals surface area (Å²) in [6, 6.07) is 16.0. The molecule has 4 rings (SSSR count). The zero-order valence-electron chi connectivity index (χ0n) is 21.4. The topological polar surface area (TPSA) is 113 Å². The van der Waals surface area contributed by atoms with E-state index < -0.39 is 26.0 Å². The van der Waals surface area contributed by atoms with Gasteiger partial charge in [0.1, 0.15) is 0 Å². The van der Waals surface area contributed by atoms with Crippen LogP contribution < -0.4 is 10.0 Å². The molecular weight excluding hydrogens is 581 g/mol. The highest BCUT2D eigenvalue weighted by atomic mass is 35.5. The lowest BCUT2D eigenvalue weighted by Crippen LogP contribution is -2.44. The molecule has 208 valence electrons. The SMILES string of the molecule is Cc1ccc(NS(=O)(=O)c2ccc(NC(=O)[C@H]3CCCN(S(=O)(=O)Cc4ccc(Cl)c(Cl)c4)C3)cc2)c(C)c1. The number of benzene rings is 3. The number of carbonyl (C=O) groups is 1. The Morgan fingerprint density at radius 3 is 2.33 bits per heavy atom. The summed E-state index contributed by atoms with van der Waals surface area (Å²) >= 11 is 11.9. The first-order valence-corrected chi connectivity index (χ1v) is 16.1. The first-order valence-electron chi connectivity index (χ1n) is 12.3. The van der Waals surface area contributed by atoms with Crippen molar-refractivity contribution in [2.24, 2.45) is 5.92 Å². The van der Waals surface area contributed by atoms with Crippen molar-refractivity contribution in [2.75, 3.05) is 23.1 Å². The molecule has 0 saturated carbocycles. The summed E-state index contributed by atoms with van der Waals surface area (Å²) in [5.74, 6) is -1.12. The van der Waals surface area contributed by atoms with Crippen LogP contribution >= 0.6 is 23.2 Å². The van der Waals surface area contributed by atoms with Crippen LogP contribution in [0.5, 0.6) is 0 Å². The van der Waals surface area contributed by atoms with Gasteiger partial charge in [0.2, 0.25) is 15.9 Å². The van der Waals surface area contributed by atoms with Gasteiger partial charge in [-0.05, 0) is 80.3 Å². The molecule has 0 unspecified atom stereocenters. The Bertz CT molecular complexity index is 1590. The molecule has 3 aromatic rings. The third-order valence-corrected chi connectivity index (χ3v) is 10.5. The van der Waals surface area contributed by atoms with Crippen molar-refractivity contribution in [3.8, 4) is 0 Å². The van der Waals surface area contributed by atoms with Gasteiger partial charge in [-0.2, -0.15) is 0 Å². The largest absolute Gasteiger partial charge is 0.326 e. The minimum absolute atomic E-state index is 0.0534. The van der Waals surface area contributed by atoms with Gasteiger partial charge in [-0.1, -0.05) is 47.0 Å². The van der Waals surface area contributed by atoms with Crippen LogP contribution in [0.2, 0.25) is 10.0 Å². The number of sulfonamides is 2. The third kappa shape index (κ3) is 7.32. The highest BCUT2D eigenvalue weighted by Crippen LogP contribution is 2.27. The summed E-state index contributed by atoms with van der Waals surface area (Å²) < 4.78 is 55.7. The van der Waals surface area contributed by atoms with Gasteiger partial charge >= 0.3 is 0 Å². The maximum Gasteiger partial charge on any atom is 0.261 e. The van der Waals surface area contributed by atoms with E-state index in [-0.39, 0.29) is 28.1 Å². The minimum Gasteiger partial charge on any atom is -0.326 e.